The number of nitrogens with one attached hydrogen (secondary N) is 1. The number of aromatic nitrogens is 2. The third-order valence-corrected chi connectivity index (χ3v) is 4.09. The number of alkyl halides is 3. The second-order valence-corrected chi connectivity index (χ2v) is 5.62. The van der Waals surface area contributed by atoms with Crippen LogP contribution in [0.1, 0.15) is 5.56 Å². The van der Waals surface area contributed by atoms with E-state index in [9.17, 15) is 18.0 Å². The first-order valence-electron chi connectivity index (χ1n) is 7.55. The Morgan fingerprint density at radius 3 is 2.50 bits per heavy atom. The van der Waals surface area contributed by atoms with Gasteiger partial charge in [0.1, 0.15) is 28.4 Å². The summed E-state index contributed by atoms with van der Waals surface area (Å²) in [5, 5.41) is 6.92. The van der Waals surface area contributed by atoms with Gasteiger partial charge in [0, 0.05) is 5.56 Å². The molecule has 1 N–H and O–H groups in total. The van der Waals surface area contributed by atoms with Crippen LogP contribution in [0.4, 0.5) is 13.2 Å². The van der Waals surface area contributed by atoms with Crippen molar-refractivity contribution < 1.29 is 22.3 Å². The van der Waals surface area contributed by atoms with E-state index < -0.39 is 17.3 Å². The first kappa shape index (κ1) is 16.2. The van der Waals surface area contributed by atoms with Gasteiger partial charge in [-0.15, -0.1) is 0 Å². The number of methoxy groups -OCH3 is 1. The van der Waals surface area contributed by atoms with Crippen LogP contribution in [0, 0.1) is 0 Å². The zero-order valence-electron chi connectivity index (χ0n) is 13.3. The summed E-state index contributed by atoms with van der Waals surface area (Å²) in [6, 6.07) is 9.49. The molecule has 0 amide bonds. The number of aromatic amines is 1. The van der Waals surface area contributed by atoms with E-state index in [1.165, 1.54) is 19.2 Å². The van der Waals surface area contributed by atoms with E-state index in [-0.39, 0.29) is 11.3 Å². The lowest BCUT2D eigenvalue weighted by Gasteiger charge is -2.12. The number of hydrogen-bond acceptors (Lipinski definition) is 4. The predicted octanol–water partition coefficient (Wildman–Crippen LogP) is 4.32. The Hall–Kier alpha value is -3.29. The van der Waals surface area contributed by atoms with Crippen LogP contribution in [-0.4, -0.2) is 17.3 Å². The smallest absolute Gasteiger partial charge is 0.416 e. The molecule has 0 saturated heterocycles. The molecule has 2 aliphatic rings. The molecule has 2 aromatic carbocycles. The van der Waals surface area contributed by atoms with Gasteiger partial charge in [-0.3, -0.25) is 4.79 Å². The average Bonchev–Trinajstić information content (AvgIpc) is 3.02. The lowest BCUT2D eigenvalue weighted by atomic mass is 10.0. The van der Waals surface area contributed by atoms with Crippen molar-refractivity contribution in [3.8, 4) is 28.3 Å². The Morgan fingerprint density at radius 1 is 1.12 bits per heavy atom. The first-order chi connectivity index (χ1) is 12.4. The number of halogens is 3. The molecule has 132 valence electrons. The van der Waals surface area contributed by atoms with Gasteiger partial charge < -0.3 is 9.15 Å². The molecule has 0 fully saturated rings. The van der Waals surface area contributed by atoms with E-state index >= 15 is 0 Å². The number of H-pyrrole nitrogens is 1. The molecule has 5 nitrogen and oxygen atoms in total. The molecular formula is C18H11F3N2O3. The molecule has 26 heavy (non-hydrogen) atoms. The van der Waals surface area contributed by atoms with E-state index in [1.54, 1.807) is 18.2 Å². The van der Waals surface area contributed by atoms with Gasteiger partial charge in [0.15, 0.2) is 0 Å². The van der Waals surface area contributed by atoms with Gasteiger partial charge in [0.2, 0.25) is 0 Å². The highest BCUT2D eigenvalue weighted by Gasteiger charge is 2.31. The lowest BCUT2D eigenvalue weighted by Crippen LogP contribution is -2.05. The Morgan fingerprint density at radius 2 is 1.85 bits per heavy atom. The van der Waals surface area contributed by atoms with Crippen LogP contribution in [0.15, 0.2) is 51.7 Å². The minimum Gasteiger partial charge on any atom is -0.496 e. The first-order valence-corrected chi connectivity index (χ1v) is 7.55. The quantitative estimate of drug-likeness (QED) is 0.578. The Balaban J connectivity index is 2.00. The van der Waals surface area contributed by atoms with Crippen molar-refractivity contribution in [2.45, 2.75) is 6.18 Å². The molecule has 0 spiro atoms. The van der Waals surface area contributed by atoms with Gasteiger partial charge in [0.25, 0.3) is 5.56 Å². The largest absolute Gasteiger partial charge is 0.496 e. The monoisotopic (exact) mass is 360 g/mol. The van der Waals surface area contributed by atoms with Crippen molar-refractivity contribution >= 4 is 11.0 Å². The summed E-state index contributed by atoms with van der Waals surface area (Å²) in [5.41, 5.74) is -0.0456. The molecule has 0 radical (unpaired) electrons. The van der Waals surface area contributed by atoms with Crippen LogP contribution in [0.3, 0.4) is 0 Å². The third kappa shape index (κ3) is 2.42. The van der Waals surface area contributed by atoms with Crippen LogP contribution >= 0.6 is 0 Å². The number of nitrogens with zero attached hydrogens (tertiary/aromatic N) is 1. The number of benzene rings is 2. The summed E-state index contributed by atoms with van der Waals surface area (Å²) < 4.78 is 49.5. The highest BCUT2D eigenvalue weighted by molar-refractivity contribution is 6.00. The van der Waals surface area contributed by atoms with E-state index in [1.807, 2.05) is 0 Å². The summed E-state index contributed by atoms with van der Waals surface area (Å²) in [6.07, 6.45) is -4.44. The van der Waals surface area contributed by atoms with Crippen LogP contribution in [0.2, 0.25) is 0 Å². The van der Waals surface area contributed by atoms with Gasteiger partial charge in [-0.2, -0.15) is 18.3 Å². The molecule has 0 aromatic heterocycles. The van der Waals surface area contributed by atoms with Crippen molar-refractivity contribution in [2.75, 3.05) is 7.11 Å². The van der Waals surface area contributed by atoms with Crippen molar-refractivity contribution in [1.29, 1.82) is 0 Å². The lowest BCUT2D eigenvalue weighted by molar-refractivity contribution is -0.137. The van der Waals surface area contributed by atoms with E-state index in [4.69, 9.17) is 9.15 Å². The van der Waals surface area contributed by atoms with E-state index in [0.29, 0.717) is 28.0 Å². The molecule has 0 saturated carbocycles. The maximum atomic E-state index is 12.8. The highest BCUT2D eigenvalue weighted by atomic mass is 19.4. The second kappa shape index (κ2) is 5.62. The Bertz CT molecular complexity index is 1130. The van der Waals surface area contributed by atoms with Gasteiger partial charge in [-0.1, -0.05) is 18.2 Å². The summed E-state index contributed by atoms with van der Waals surface area (Å²) in [7, 11) is 1.48. The Kier molecular flexibility index (Phi) is 3.50. The molecule has 2 heterocycles. The van der Waals surface area contributed by atoms with Crippen molar-refractivity contribution in [3.63, 3.8) is 0 Å². The number of rotatable bonds is 2. The fourth-order valence-electron chi connectivity index (χ4n) is 2.89. The van der Waals surface area contributed by atoms with Crippen molar-refractivity contribution in [2.24, 2.45) is 0 Å². The molecule has 0 aliphatic carbocycles. The average molecular weight is 360 g/mol. The molecule has 0 unspecified atom stereocenters. The SMILES string of the molecule is COc1cccc2oc(-c3ccc(C(F)(F)F)cc3)c3c(=O)[nH]nc-3c12. The molecule has 4 rings (SSSR count). The fraction of sp³-hybridized carbons (Fsp3) is 0.111. The molecule has 2 aliphatic heterocycles. The van der Waals surface area contributed by atoms with Gasteiger partial charge in [-0.05, 0) is 24.3 Å². The number of fused-ring (bicyclic) bond motifs is 3. The van der Waals surface area contributed by atoms with Crippen LogP contribution in [-0.2, 0) is 6.18 Å². The van der Waals surface area contributed by atoms with Crippen molar-refractivity contribution in [3.05, 3.63) is 58.4 Å². The predicted molar refractivity (Wildman–Crippen MR) is 88.2 cm³/mol. The Labute approximate surface area is 144 Å². The molecule has 0 bridgehead atoms. The number of ether oxygens (including phenoxy) is 1. The van der Waals surface area contributed by atoms with Gasteiger partial charge >= 0.3 is 6.18 Å². The third-order valence-electron chi connectivity index (χ3n) is 4.09. The standard InChI is InChI=1S/C18H11F3N2O3/c1-25-11-3-2-4-12-13(11)15-14(17(24)23-22-15)16(26-12)9-5-7-10(8-6-9)18(19,20)21/h2-8H,1H3,(H,23,24). The van der Waals surface area contributed by atoms with Crippen LogP contribution < -0.4 is 10.3 Å². The maximum Gasteiger partial charge on any atom is 0.416 e. The van der Waals surface area contributed by atoms with E-state index in [0.717, 1.165) is 12.1 Å². The van der Waals surface area contributed by atoms with Crippen LogP contribution in [0.5, 0.6) is 5.75 Å². The summed E-state index contributed by atoms with van der Waals surface area (Å²) in [4.78, 5) is 12.2. The van der Waals surface area contributed by atoms with Gasteiger partial charge in [0.05, 0.1) is 18.1 Å². The topological polar surface area (TPSA) is 68.1 Å². The van der Waals surface area contributed by atoms with Crippen LogP contribution in [0.25, 0.3) is 33.6 Å². The highest BCUT2D eigenvalue weighted by Crippen LogP contribution is 2.40. The summed E-state index contributed by atoms with van der Waals surface area (Å²) >= 11 is 0. The van der Waals surface area contributed by atoms with Gasteiger partial charge in [-0.25, -0.2) is 5.10 Å². The fourth-order valence-corrected chi connectivity index (χ4v) is 2.89. The maximum absolute atomic E-state index is 12.8. The zero-order chi connectivity index (χ0) is 18.5. The summed E-state index contributed by atoms with van der Waals surface area (Å²) in [5.74, 6) is 0.620. The second-order valence-electron chi connectivity index (χ2n) is 5.62. The normalized spacial score (nSPS) is 12.0. The minimum atomic E-state index is -4.44. The molecule has 0 atom stereocenters. The molecule has 2 aromatic rings. The summed E-state index contributed by atoms with van der Waals surface area (Å²) in [6.45, 7) is 0. The van der Waals surface area contributed by atoms with Crippen molar-refractivity contribution in [1.82, 2.24) is 10.2 Å². The number of hydrogen-bond donors (Lipinski definition) is 1. The molecular weight excluding hydrogens is 349 g/mol. The van der Waals surface area contributed by atoms with E-state index in [2.05, 4.69) is 10.2 Å². The molecule has 8 heteroatoms. The minimum absolute atomic E-state index is 0.147. The zero-order valence-corrected chi connectivity index (χ0v) is 13.3.